The summed E-state index contributed by atoms with van der Waals surface area (Å²) < 4.78 is 5.77. The number of carboxylic acids is 1. The first-order valence-corrected chi connectivity index (χ1v) is 7.76. The Labute approximate surface area is 130 Å². The second-order valence-electron chi connectivity index (χ2n) is 5.38. The maximum Gasteiger partial charge on any atom is 0.339 e. The molecule has 2 aromatic carbocycles. The highest BCUT2D eigenvalue weighted by molar-refractivity contribution is 6.03. The Bertz CT molecular complexity index is 649. The van der Waals surface area contributed by atoms with Crippen molar-refractivity contribution in [2.24, 2.45) is 0 Å². The van der Waals surface area contributed by atoms with Crippen molar-refractivity contribution in [3.05, 3.63) is 35.9 Å². The fourth-order valence-electron chi connectivity index (χ4n) is 2.50. The molecule has 0 atom stereocenters. The Balaban J connectivity index is 2.18. The summed E-state index contributed by atoms with van der Waals surface area (Å²) in [6, 6.07) is 8.54. The third kappa shape index (κ3) is 3.70. The van der Waals surface area contributed by atoms with Gasteiger partial charge < -0.3 is 14.9 Å². The Hall–Kier alpha value is -2.23. The van der Waals surface area contributed by atoms with E-state index < -0.39 is 5.97 Å². The van der Waals surface area contributed by atoms with Crippen LogP contribution < -0.4 is 4.74 Å². The molecule has 4 heteroatoms. The van der Waals surface area contributed by atoms with Gasteiger partial charge in [-0.2, -0.15) is 0 Å². The van der Waals surface area contributed by atoms with E-state index in [4.69, 9.17) is 4.74 Å². The minimum absolute atomic E-state index is 0.125. The van der Waals surface area contributed by atoms with E-state index in [0.29, 0.717) is 17.7 Å². The van der Waals surface area contributed by atoms with Crippen molar-refractivity contribution in [1.29, 1.82) is 0 Å². The van der Waals surface area contributed by atoms with Gasteiger partial charge in [0.25, 0.3) is 0 Å². The summed E-state index contributed by atoms with van der Waals surface area (Å²) in [4.78, 5) is 11.3. The number of hydrogen-bond acceptors (Lipinski definition) is 3. The highest BCUT2D eigenvalue weighted by Gasteiger charge is 2.16. The molecule has 0 bridgehead atoms. The van der Waals surface area contributed by atoms with Crippen LogP contribution in [0.1, 0.15) is 49.4 Å². The number of aromatic hydroxyl groups is 1. The van der Waals surface area contributed by atoms with Crippen molar-refractivity contribution in [3.63, 3.8) is 0 Å². The molecule has 0 aliphatic rings. The maximum atomic E-state index is 11.3. The Morgan fingerprint density at radius 1 is 1.09 bits per heavy atom. The first kappa shape index (κ1) is 16.1. The monoisotopic (exact) mass is 302 g/mol. The lowest BCUT2D eigenvalue weighted by atomic mass is 10.0. The fraction of sp³-hybridized carbons (Fsp3) is 0.389. The molecule has 0 heterocycles. The predicted molar refractivity (Wildman–Crippen MR) is 86.8 cm³/mol. The minimum Gasteiger partial charge on any atom is -0.506 e. The molecule has 0 spiro atoms. The molecule has 0 radical (unpaired) electrons. The van der Waals surface area contributed by atoms with Crippen molar-refractivity contribution in [1.82, 2.24) is 0 Å². The van der Waals surface area contributed by atoms with Gasteiger partial charge in [-0.3, -0.25) is 0 Å². The Kier molecular flexibility index (Phi) is 5.64. The topological polar surface area (TPSA) is 66.8 Å². The average Bonchev–Trinajstić information content (AvgIpc) is 2.52. The van der Waals surface area contributed by atoms with Gasteiger partial charge in [0, 0.05) is 10.8 Å². The Morgan fingerprint density at radius 3 is 2.45 bits per heavy atom. The molecule has 0 saturated heterocycles. The zero-order valence-corrected chi connectivity index (χ0v) is 12.8. The first-order valence-electron chi connectivity index (χ1n) is 7.76. The lowest BCUT2D eigenvalue weighted by Gasteiger charge is -2.12. The summed E-state index contributed by atoms with van der Waals surface area (Å²) in [6.07, 6.45) is 5.67. The molecular formula is C18H22O4. The molecule has 0 saturated carbocycles. The van der Waals surface area contributed by atoms with Gasteiger partial charge in [-0.25, -0.2) is 4.79 Å². The van der Waals surface area contributed by atoms with Crippen LogP contribution in [0.3, 0.4) is 0 Å². The average molecular weight is 302 g/mol. The van der Waals surface area contributed by atoms with E-state index in [-0.39, 0.29) is 11.3 Å². The standard InChI is InChI=1S/C18H22O4/c1-2-3-4-5-8-11-22-16-12-15(18(20)21)17(19)14-10-7-6-9-13(14)16/h6-7,9-10,12,19H,2-5,8,11H2,1H3,(H,20,21). The van der Waals surface area contributed by atoms with Gasteiger partial charge in [0.1, 0.15) is 17.1 Å². The van der Waals surface area contributed by atoms with Crippen LogP contribution in [0.25, 0.3) is 10.8 Å². The van der Waals surface area contributed by atoms with Crippen LogP contribution in [0.2, 0.25) is 0 Å². The number of benzene rings is 2. The summed E-state index contributed by atoms with van der Waals surface area (Å²) in [5.41, 5.74) is -0.125. The van der Waals surface area contributed by atoms with Crippen molar-refractivity contribution < 1.29 is 19.7 Å². The number of carboxylic acid groups (broad SMARTS) is 1. The molecule has 2 rings (SSSR count). The van der Waals surface area contributed by atoms with Gasteiger partial charge in [0.2, 0.25) is 0 Å². The van der Waals surface area contributed by atoms with E-state index in [0.717, 1.165) is 18.2 Å². The van der Waals surface area contributed by atoms with Crippen LogP contribution in [-0.2, 0) is 0 Å². The number of hydrogen-bond donors (Lipinski definition) is 2. The van der Waals surface area contributed by atoms with Gasteiger partial charge in [-0.15, -0.1) is 0 Å². The lowest BCUT2D eigenvalue weighted by Crippen LogP contribution is -2.02. The van der Waals surface area contributed by atoms with Crippen molar-refractivity contribution in [2.75, 3.05) is 6.61 Å². The van der Waals surface area contributed by atoms with E-state index in [9.17, 15) is 15.0 Å². The number of unbranched alkanes of at least 4 members (excludes halogenated alkanes) is 4. The largest absolute Gasteiger partial charge is 0.506 e. The van der Waals surface area contributed by atoms with Crippen LogP contribution in [0.4, 0.5) is 0 Å². The summed E-state index contributed by atoms with van der Waals surface area (Å²) >= 11 is 0. The van der Waals surface area contributed by atoms with Crippen molar-refractivity contribution >= 4 is 16.7 Å². The van der Waals surface area contributed by atoms with Gasteiger partial charge in [-0.05, 0) is 12.5 Å². The molecule has 118 valence electrons. The van der Waals surface area contributed by atoms with E-state index in [1.807, 2.05) is 12.1 Å². The smallest absolute Gasteiger partial charge is 0.339 e. The van der Waals surface area contributed by atoms with Crippen LogP contribution in [-0.4, -0.2) is 22.8 Å². The summed E-state index contributed by atoms with van der Waals surface area (Å²) in [5.74, 6) is -0.851. The number of ether oxygens (including phenoxy) is 1. The molecular weight excluding hydrogens is 280 g/mol. The molecule has 22 heavy (non-hydrogen) atoms. The second-order valence-corrected chi connectivity index (χ2v) is 5.38. The molecule has 0 aliphatic heterocycles. The molecule has 0 unspecified atom stereocenters. The highest BCUT2D eigenvalue weighted by atomic mass is 16.5. The van der Waals surface area contributed by atoms with Gasteiger partial charge in [0.05, 0.1) is 6.61 Å². The van der Waals surface area contributed by atoms with E-state index in [1.165, 1.54) is 25.3 Å². The third-order valence-electron chi connectivity index (χ3n) is 3.71. The van der Waals surface area contributed by atoms with Gasteiger partial charge in [0.15, 0.2) is 0 Å². The fourth-order valence-corrected chi connectivity index (χ4v) is 2.50. The van der Waals surface area contributed by atoms with Crippen LogP contribution in [0.5, 0.6) is 11.5 Å². The van der Waals surface area contributed by atoms with Crippen LogP contribution in [0, 0.1) is 0 Å². The van der Waals surface area contributed by atoms with Crippen LogP contribution >= 0.6 is 0 Å². The lowest BCUT2D eigenvalue weighted by molar-refractivity contribution is 0.0693. The number of phenols is 1. The molecule has 0 amide bonds. The predicted octanol–water partition coefficient (Wildman–Crippen LogP) is 4.59. The van der Waals surface area contributed by atoms with Crippen molar-refractivity contribution in [3.8, 4) is 11.5 Å². The maximum absolute atomic E-state index is 11.3. The van der Waals surface area contributed by atoms with E-state index in [2.05, 4.69) is 6.92 Å². The Morgan fingerprint density at radius 2 is 1.77 bits per heavy atom. The molecule has 0 fully saturated rings. The molecule has 4 nitrogen and oxygen atoms in total. The molecule has 2 N–H and O–H groups in total. The number of aromatic carboxylic acids is 1. The SMILES string of the molecule is CCCCCCCOc1cc(C(=O)O)c(O)c2ccccc12. The first-order chi connectivity index (χ1) is 10.6. The summed E-state index contributed by atoms with van der Waals surface area (Å²) in [5, 5.41) is 20.5. The highest BCUT2D eigenvalue weighted by Crippen LogP contribution is 2.36. The van der Waals surface area contributed by atoms with Crippen molar-refractivity contribution in [2.45, 2.75) is 39.0 Å². The van der Waals surface area contributed by atoms with Gasteiger partial charge in [-0.1, -0.05) is 56.9 Å². The normalized spacial score (nSPS) is 10.8. The number of rotatable bonds is 8. The van der Waals surface area contributed by atoms with E-state index in [1.54, 1.807) is 12.1 Å². The zero-order valence-electron chi connectivity index (χ0n) is 12.8. The molecule has 0 aliphatic carbocycles. The molecule has 2 aromatic rings. The van der Waals surface area contributed by atoms with Crippen LogP contribution in [0.15, 0.2) is 30.3 Å². The summed E-state index contributed by atoms with van der Waals surface area (Å²) in [6.45, 7) is 2.73. The van der Waals surface area contributed by atoms with Gasteiger partial charge >= 0.3 is 5.97 Å². The molecule has 0 aromatic heterocycles. The quantitative estimate of drug-likeness (QED) is 0.700. The second kappa shape index (κ2) is 7.69. The van der Waals surface area contributed by atoms with E-state index >= 15 is 0 Å². The zero-order chi connectivity index (χ0) is 15.9. The minimum atomic E-state index is -1.16. The third-order valence-corrected chi connectivity index (χ3v) is 3.71. The number of carbonyl (C=O) groups is 1. The summed E-state index contributed by atoms with van der Waals surface area (Å²) in [7, 11) is 0. The number of fused-ring (bicyclic) bond motifs is 1.